The number of carbonyl (C=O) groups is 1. The predicted octanol–water partition coefficient (Wildman–Crippen LogP) is 1.87. The molecule has 1 aromatic rings. The number of nitrogens with one attached hydrogen (secondary N) is 1. The van der Waals surface area contributed by atoms with Crippen LogP contribution in [0.25, 0.3) is 0 Å². The monoisotopic (exact) mass is 277 g/mol. The molecule has 0 aliphatic heterocycles. The Labute approximate surface area is 120 Å². The minimum Gasteiger partial charge on any atom is -0.497 e. The molecule has 4 heteroatoms. The van der Waals surface area contributed by atoms with Crippen molar-refractivity contribution in [1.82, 2.24) is 5.32 Å². The van der Waals surface area contributed by atoms with Crippen molar-refractivity contribution >= 4 is 5.78 Å². The van der Waals surface area contributed by atoms with Crippen LogP contribution in [0.15, 0.2) is 24.3 Å². The second-order valence-electron chi connectivity index (χ2n) is 5.44. The predicted molar refractivity (Wildman–Crippen MR) is 78.1 cm³/mol. The zero-order valence-electron chi connectivity index (χ0n) is 12.2. The molecule has 1 aliphatic rings. The highest BCUT2D eigenvalue weighted by atomic mass is 16.5. The first kappa shape index (κ1) is 15.0. The summed E-state index contributed by atoms with van der Waals surface area (Å²) in [6, 6.07) is 7.60. The second kappa shape index (κ2) is 6.37. The molecule has 2 rings (SSSR count). The Morgan fingerprint density at radius 2 is 2.05 bits per heavy atom. The normalized spacial score (nSPS) is 24.4. The van der Waals surface area contributed by atoms with E-state index in [2.05, 4.69) is 5.32 Å². The van der Waals surface area contributed by atoms with Gasteiger partial charge in [0.2, 0.25) is 0 Å². The molecule has 20 heavy (non-hydrogen) atoms. The molecule has 0 bridgehead atoms. The number of ketones is 1. The van der Waals surface area contributed by atoms with Crippen molar-refractivity contribution in [3.05, 3.63) is 29.8 Å². The number of methoxy groups -OCH3 is 1. The quantitative estimate of drug-likeness (QED) is 0.862. The molecule has 110 valence electrons. The molecule has 0 aromatic heterocycles. The number of rotatable bonds is 5. The molecular formula is C16H23NO3. The van der Waals surface area contributed by atoms with Crippen molar-refractivity contribution in [2.75, 3.05) is 20.7 Å². The summed E-state index contributed by atoms with van der Waals surface area (Å²) in [7, 11) is 3.46. The zero-order chi connectivity index (χ0) is 14.6. The van der Waals surface area contributed by atoms with E-state index in [-0.39, 0.29) is 11.7 Å². The molecule has 0 spiro atoms. The van der Waals surface area contributed by atoms with Gasteiger partial charge < -0.3 is 15.2 Å². The summed E-state index contributed by atoms with van der Waals surface area (Å²) in [5.74, 6) is 0.532. The van der Waals surface area contributed by atoms with Crippen LogP contribution < -0.4 is 10.1 Å². The summed E-state index contributed by atoms with van der Waals surface area (Å²) in [5.41, 5.74) is -0.270. The molecule has 1 aromatic carbocycles. The standard InChI is InChI=1S/C16H23NO3/c1-17-11-14(12-6-8-13(20-2)9-7-12)16(19)10-4-3-5-15(16)18/h6-9,14,17,19H,3-5,10-11H2,1-2H3. The summed E-state index contributed by atoms with van der Waals surface area (Å²) >= 11 is 0. The van der Waals surface area contributed by atoms with E-state index in [1.807, 2.05) is 31.3 Å². The van der Waals surface area contributed by atoms with Crippen molar-refractivity contribution in [1.29, 1.82) is 0 Å². The van der Waals surface area contributed by atoms with Gasteiger partial charge in [0.05, 0.1) is 7.11 Å². The van der Waals surface area contributed by atoms with Crippen molar-refractivity contribution in [3.63, 3.8) is 0 Å². The lowest BCUT2D eigenvalue weighted by atomic mass is 9.72. The average molecular weight is 277 g/mol. The number of hydrogen-bond acceptors (Lipinski definition) is 4. The molecular weight excluding hydrogens is 254 g/mol. The van der Waals surface area contributed by atoms with Crippen LogP contribution in [0.2, 0.25) is 0 Å². The highest BCUT2D eigenvalue weighted by molar-refractivity contribution is 5.89. The summed E-state index contributed by atoms with van der Waals surface area (Å²) < 4.78 is 5.16. The topological polar surface area (TPSA) is 58.6 Å². The van der Waals surface area contributed by atoms with Crippen molar-refractivity contribution < 1.29 is 14.6 Å². The van der Waals surface area contributed by atoms with Crippen LogP contribution in [0.4, 0.5) is 0 Å². The lowest BCUT2D eigenvalue weighted by Crippen LogP contribution is -2.49. The Morgan fingerprint density at radius 3 is 2.60 bits per heavy atom. The largest absolute Gasteiger partial charge is 0.497 e. The van der Waals surface area contributed by atoms with Gasteiger partial charge in [-0.1, -0.05) is 12.1 Å². The summed E-state index contributed by atoms with van der Waals surface area (Å²) in [6.07, 6.45) is 2.81. The van der Waals surface area contributed by atoms with Crippen LogP contribution >= 0.6 is 0 Å². The minimum absolute atomic E-state index is 0.0279. The Hall–Kier alpha value is -1.39. The molecule has 1 aliphatic carbocycles. The van der Waals surface area contributed by atoms with E-state index in [4.69, 9.17) is 4.74 Å². The third kappa shape index (κ3) is 2.86. The van der Waals surface area contributed by atoms with Gasteiger partial charge in [-0.25, -0.2) is 0 Å². The smallest absolute Gasteiger partial charge is 0.165 e. The lowest BCUT2D eigenvalue weighted by Gasteiger charge is -2.38. The van der Waals surface area contributed by atoms with Crippen LogP contribution in [0.5, 0.6) is 5.75 Å². The van der Waals surface area contributed by atoms with Gasteiger partial charge in [0, 0.05) is 18.9 Å². The number of hydrogen-bond donors (Lipinski definition) is 2. The molecule has 2 atom stereocenters. The molecule has 0 amide bonds. The molecule has 1 saturated carbocycles. The third-order valence-electron chi connectivity index (χ3n) is 4.20. The highest BCUT2D eigenvalue weighted by Gasteiger charge is 2.44. The Bertz CT molecular complexity index is 457. The zero-order valence-corrected chi connectivity index (χ0v) is 12.2. The first-order valence-corrected chi connectivity index (χ1v) is 7.16. The van der Waals surface area contributed by atoms with E-state index in [1.54, 1.807) is 7.11 Å². The number of likely N-dealkylation sites (N-methyl/N-ethyl adjacent to an activating group) is 1. The van der Waals surface area contributed by atoms with Gasteiger partial charge in [0.25, 0.3) is 0 Å². The number of Topliss-reactive ketones (excluding diaryl/α,β-unsaturated/α-hetero) is 1. The molecule has 0 heterocycles. The van der Waals surface area contributed by atoms with E-state index in [9.17, 15) is 9.90 Å². The summed E-state index contributed by atoms with van der Waals surface area (Å²) in [5, 5.41) is 14.0. The molecule has 1 fully saturated rings. The van der Waals surface area contributed by atoms with Gasteiger partial charge in [0.1, 0.15) is 11.4 Å². The van der Waals surface area contributed by atoms with E-state index in [0.29, 0.717) is 19.4 Å². The lowest BCUT2D eigenvalue weighted by molar-refractivity contribution is -0.143. The maximum absolute atomic E-state index is 12.2. The maximum atomic E-state index is 12.2. The number of ether oxygens (including phenoxy) is 1. The fourth-order valence-corrected chi connectivity index (χ4v) is 3.01. The van der Waals surface area contributed by atoms with Gasteiger partial charge in [-0.15, -0.1) is 0 Å². The average Bonchev–Trinajstić information content (AvgIpc) is 2.48. The summed E-state index contributed by atoms with van der Waals surface area (Å²) in [4.78, 5) is 12.2. The summed E-state index contributed by atoms with van der Waals surface area (Å²) in [6.45, 7) is 0.578. The maximum Gasteiger partial charge on any atom is 0.165 e. The van der Waals surface area contributed by atoms with Crippen LogP contribution in [-0.2, 0) is 4.79 Å². The van der Waals surface area contributed by atoms with E-state index in [1.165, 1.54) is 0 Å². The number of carbonyl (C=O) groups excluding carboxylic acids is 1. The van der Waals surface area contributed by atoms with Crippen LogP contribution in [-0.4, -0.2) is 37.2 Å². The minimum atomic E-state index is -1.24. The van der Waals surface area contributed by atoms with Crippen LogP contribution in [0, 0.1) is 0 Å². The van der Waals surface area contributed by atoms with E-state index in [0.717, 1.165) is 24.2 Å². The fourth-order valence-electron chi connectivity index (χ4n) is 3.01. The molecule has 4 nitrogen and oxygen atoms in total. The van der Waals surface area contributed by atoms with Crippen molar-refractivity contribution in [3.8, 4) is 5.75 Å². The Morgan fingerprint density at radius 1 is 1.35 bits per heavy atom. The van der Waals surface area contributed by atoms with E-state index < -0.39 is 5.60 Å². The van der Waals surface area contributed by atoms with Gasteiger partial charge >= 0.3 is 0 Å². The first-order valence-electron chi connectivity index (χ1n) is 7.16. The Balaban J connectivity index is 2.31. The number of aliphatic hydroxyl groups is 1. The fraction of sp³-hybridized carbons (Fsp3) is 0.562. The third-order valence-corrected chi connectivity index (χ3v) is 4.20. The van der Waals surface area contributed by atoms with E-state index >= 15 is 0 Å². The molecule has 2 unspecified atom stereocenters. The second-order valence-corrected chi connectivity index (χ2v) is 5.44. The molecule has 2 N–H and O–H groups in total. The van der Waals surface area contributed by atoms with Crippen LogP contribution in [0.1, 0.15) is 37.2 Å². The highest BCUT2D eigenvalue weighted by Crippen LogP contribution is 2.37. The SMILES string of the molecule is CNCC(c1ccc(OC)cc1)C1(O)CCCCC1=O. The Kier molecular flexibility index (Phi) is 4.78. The van der Waals surface area contributed by atoms with Gasteiger partial charge in [-0.2, -0.15) is 0 Å². The van der Waals surface area contributed by atoms with Crippen LogP contribution in [0.3, 0.4) is 0 Å². The number of benzene rings is 1. The first-order chi connectivity index (χ1) is 9.61. The molecule has 0 saturated heterocycles. The molecule has 0 radical (unpaired) electrons. The van der Waals surface area contributed by atoms with Gasteiger partial charge in [-0.3, -0.25) is 4.79 Å². The van der Waals surface area contributed by atoms with Crippen molar-refractivity contribution in [2.45, 2.75) is 37.2 Å². The van der Waals surface area contributed by atoms with Crippen molar-refractivity contribution in [2.24, 2.45) is 0 Å². The van der Waals surface area contributed by atoms with Gasteiger partial charge in [-0.05, 0) is 44.0 Å². The van der Waals surface area contributed by atoms with Gasteiger partial charge in [0.15, 0.2) is 5.78 Å².